The molecule has 0 unspecified atom stereocenters. The van der Waals surface area contributed by atoms with E-state index in [9.17, 15) is 4.79 Å². The van der Waals surface area contributed by atoms with E-state index in [1.807, 2.05) is 13.9 Å². The predicted octanol–water partition coefficient (Wildman–Crippen LogP) is -0.770. The van der Waals surface area contributed by atoms with Crippen LogP contribution in [-0.4, -0.2) is 48.6 Å². The third-order valence-corrected chi connectivity index (χ3v) is 3.31. The molecule has 2 aromatic heterocycles. The molecule has 19 heavy (non-hydrogen) atoms. The number of nitrogens with zero attached hydrogens (tertiary/aromatic N) is 4. The molecule has 1 saturated heterocycles. The van der Waals surface area contributed by atoms with E-state index in [2.05, 4.69) is 21.9 Å². The molecule has 3 heterocycles. The zero-order valence-electron chi connectivity index (χ0n) is 11.3. The number of aromatic nitrogens is 3. The van der Waals surface area contributed by atoms with Crippen LogP contribution >= 0.6 is 0 Å². The first kappa shape index (κ1) is 12.0. The van der Waals surface area contributed by atoms with Crippen molar-refractivity contribution in [1.82, 2.24) is 14.6 Å². The van der Waals surface area contributed by atoms with Crippen molar-refractivity contribution in [2.24, 2.45) is 5.92 Å². The summed E-state index contributed by atoms with van der Waals surface area (Å²) in [4.78, 5) is 18.2. The summed E-state index contributed by atoms with van der Waals surface area (Å²) in [5.74, 6) is 1.15. The van der Waals surface area contributed by atoms with E-state index in [1.54, 1.807) is 10.6 Å². The van der Waals surface area contributed by atoms with Gasteiger partial charge >= 0.3 is 5.97 Å². The number of hydrogen-bond acceptors (Lipinski definition) is 5. The van der Waals surface area contributed by atoms with Gasteiger partial charge in [-0.3, -0.25) is 0 Å². The zero-order valence-corrected chi connectivity index (χ0v) is 11.3. The molecular formula is C12H15BN4O2. The van der Waals surface area contributed by atoms with Crippen molar-refractivity contribution < 1.29 is 9.53 Å². The molecule has 98 valence electrons. The minimum Gasteiger partial charge on any atom is -0.464 e. The summed E-state index contributed by atoms with van der Waals surface area (Å²) in [6.07, 6.45) is 0. The van der Waals surface area contributed by atoms with Crippen molar-refractivity contribution in [3.8, 4) is 0 Å². The van der Waals surface area contributed by atoms with Crippen LogP contribution < -0.4 is 10.5 Å². The molecule has 0 spiro atoms. The summed E-state index contributed by atoms with van der Waals surface area (Å²) in [5, 5.41) is 4.43. The maximum Gasteiger partial charge on any atom is 0.356 e. The average Bonchev–Trinajstić information content (AvgIpc) is 2.73. The van der Waals surface area contributed by atoms with Crippen LogP contribution in [0.2, 0.25) is 0 Å². The van der Waals surface area contributed by atoms with Gasteiger partial charge in [-0.1, -0.05) is 6.92 Å². The van der Waals surface area contributed by atoms with Crippen molar-refractivity contribution >= 4 is 30.9 Å². The van der Waals surface area contributed by atoms with Crippen LogP contribution in [-0.2, 0) is 4.74 Å². The molecule has 1 aliphatic rings. The number of carbonyl (C=O) groups excluding carboxylic acids is 1. The molecular weight excluding hydrogens is 243 g/mol. The van der Waals surface area contributed by atoms with E-state index in [0.29, 0.717) is 17.3 Å². The van der Waals surface area contributed by atoms with Gasteiger partial charge in [0.1, 0.15) is 5.82 Å². The number of esters is 1. The lowest BCUT2D eigenvalue weighted by Crippen LogP contribution is -2.46. The van der Waals surface area contributed by atoms with Crippen molar-refractivity contribution in [3.05, 3.63) is 17.8 Å². The Bertz CT molecular complexity index is 648. The van der Waals surface area contributed by atoms with E-state index in [1.165, 1.54) is 7.11 Å². The van der Waals surface area contributed by atoms with E-state index in [0.717, 1.165) is 24.5 Å². The van der Waals surface area contributed by atoms with Crippen molar-refractivity contribution in [2.45, 2.75) is 6.92 Å². The van der Waals surface area contributed by atoms with Crippen LogP contribution in [0, 0.1) is 5.92 Å². The predicted molar refractivity (Wildman–Crippen MR) is 73.9 cm³/mol. The molecule has 0 bridgehead atoms. The topological polar surface area (TPSA) is 59.7 Å². The molecule has 1 fully saturated rings. The Hall–Kier alpha value is -2.05. The standard InChI is InChI=1S/C12H15BN4O2/c1-7-5-16(6-7)11-3-8(12(18)19-2)14-10-4-9(13)15-17(10)11/h3-4,7H,5-6,13H2,1-2H3. The molecule has 0 amide bonds. The van der Waals surface area contributed by atoms with Crippen LogP contribution in [0.15, 0.2) is 12.1 Å². The highest BCUT2D eigenvalue weighted by Gasteiger charge is 2.26. The normalized spacial score (nSPS) is 15.6. The second-order valence-electron chi connectivity index (χ2n) is 5.06. The molecule has 0 radical (unpaired) electrons. The summed E-state index contributed by atoms with van der Waals surface area (Å²) >= 11 is 0. The van der Waals surface area contributed by atoms with Gasteiger partial charge in [-0.2, -0.15) is 9.61 Å². The molecule has 0 N–H and O–H groups in total. The van der Waals surface area contributed by atoms with Gasteiger partial charge in [0.15, 0.2) is 19.2 Å². The molecule has 6 nitrogen and oxygen atoms in total. The van der Waals surface area contributed by atoms with Gasteiger partial charge in [-0.05, 0) is 12.0 Å². The van der Waals surface area contributed by atoms with Gasteiger partial charge in [-0.15, -0.1) is 0 Å². The Morgan fingerprint density at radius 1 is 1.47 bits per heavy atom. The van der Waals surface area contributed by atoms with Crippen LogP contribution in [0.1, 0.15) is 17.4 Å². The van der Waals surface area contributed by atoms with Gasteiger partial charge in [0.05, 0.1) is 7.11 Å². The lowest BCUT2D eigenvalue weighted by atomic mass is 10.0. The lowest BCUT2D eigenvalue weighted by molar-refractivity contribution is 0.0594. The average molecular weight is 258 g/mol. The van der Waals surface area contributed by atoms with E-state index < -0.39 is 5.97 Å². The summed E-state index contributed by atoms with van der Waals surface area (Å²) in [6, 6.07) is 3.61. The minimum absolute atomic E-state index is 0.324. The third-order valence-electron chi connectivity index (χ3n) is 3.31. The molecule has 0 atom stereocenters. The smallest absolute Gasteiger partial charge is 0.356 e. The number of rotatable bonds is 2. The van der Waals surface area contributed by atoms with Crippen LogP contribution in [0.4, 0.5) is 5.82 Å². The lowest BCUT2D eigenvalue weighted by Gasteiger charge is -2.38. The highest BCUT2D eigenvalue weighted by Crippen LogP contribution is 2.25. The quantitative estimate of drug-likeness (QED) is 0.523. The Morgan fingerprint density at radius 2 is 2.21 bits per heavy atom. The van der Waals surface area contributed by atoms with Crippen molar-refractivity contribution in [1.29, 1.82) is 0 Å². The molecule has 0 aliphatic carbocycles. The van der Waals surface area contributed by atoms with Crippen LogP contribution in [0.5, 0.6) is 0 Å². The van der Waals surface area contributed by atoms with Crippen molar-refractivity contribution in [3.63, 3.8) is 0 Å². The summed E-state index contributed by atoms with van der Waals surface area (Å²) in [6.45, 7) is 4.14. The van der Waals surface area contributed by atoms with Gasteiger partial charge in [-0.25, -0.2) is 9.78 Å². The van der Waals surface area contributed by atoms with E-state index in [4.69, 9.17) is 4.74 Å². The number of hydrogen-bond donors (Lipinski definition) is 0. The maximum atomic E-state index is 11.7. The second kappa shape index (κ2) is 4.26. The number of carbonyl (C=O) groups is 1. The summed E-state index contributed by atoms with van der Waals surface area (Å²) < 4.78 is 6.54. The van der Waals surface area contributed by atoms with E-state index >= 15 is 0 Å². The monoisotopic (exact) mass is 258 g/mol. The number of methoxy groups -OCH3 is 1. The zero-order chi connectivity index (χ0) is 13.6. The number of anilines is 1. The summed E-state index contributed by atoms with van der Waals surface area (Å²) in [7, 11) is 3.27. The largest absolute Gasteiger partial charge is 0.464 e. The first-order valence-electron chi connectivity index (χ1n) is 6.29. The first-order chi connectivity index (χ1) is 9.08. The Balaban J connectivity index is 2.13. The van der Waals surface area contributed by atoms with Crippen LogP contribution in [0.25, 0.3) is 5.65 Å². The molecule has 3 rings (SSSR count). The summed E-state index contributed by atoms with van der Waals surface area (Å²) in [5.41, 5.74) is 1.88. The van der Waals surface area contributed by atoms with Crippen LogP contribution in [0.3, 0.4) is 0 Å². The van der Waals surface area contributed by atoms with Gasteiger partial charge in [0.2, 0.25) is 0 Å². The second-order valence-corrected chi connectivity index (χ2v) is 5.06. The number of ether oxygens (including phenoxy) is 1. The Morgan fingerprint density at radius 3 is 2.84 bits per heavy atom. The molecule has 7 heteroatoms. The fourth-order valence-electron chi connectivity index (χ4n) is 2.39. The Labute approximate surface area is 111 Å². The van der Waals surface area contributed by atoms with Gasteiger partial charge < -0.3 is 9.64 Å². The SMILES string of the molecule is Bc1cc2nc(C(=O)OC)cc(N3CC(C)C3)n2n1. The minimum atomic E-state index is -0.420. The molecule has 0 saturated carbocycles. The third kappa shape index (κ3) is 1.95. The fourth-order valence-corrected chi connectivity index (χ4v) is 2.39. The van der Waals surface area contributed by atoms with E-state index in [-0.39, 0.29) is 0 Å². The molecule has 0 aromatic carbocycles. The maximum absolute atomic E-state index is 11.7. The number of fused-ring (bicyclic) bond motifs is 1. The van der Waals surface area contributed by atoms with Crippen molar-refractivity contribution in [2.75, 3.05) is 25.1 Å². The fraction of sp³-hybridized carbons (Fsp3) is 0.417. The molecule has 2 aromatic rings. The highest BCUT2D eigenvalue weighted by molar-refractivity contribution is 6.31. The van der Waals surface area contributed by atoms with Gasteiger partial charge in [0, 0.05) is 24.7 Å². The first-order valence-corrected chi connectivity index (χ1v) is 6.29. The van der Waals surface area contributed by atoms with Gasteiger partial charge in [0.25, 0.3) is 0 Å². The highest BCUT2D eigenvalue weighted by atomic mass is 16.5. The Kier molecular flexibility index (Phi) is 2.69. The molecule has 1 aliphatic heterocycles.